The largest absolute Gasteiger partial charge is 0.480 e. The summed E-state index contributed by atoms with van der Waals surface area (Å²) in [5.74, 6) is -1.49. The van der Waals surface area contributed by atoms with Crippen LogP contribution in [-0.4, -0.2) is 29.6 Å². The van der Waals surface area contributed by atoms with Crippen molar-refractivity contribution >= 4 is 11.9 Å². The number of amides is 1. The van der Waals surface area contributed by atoms with E-state index in [0.717, 1.165) is 19.3 Å². The summed E-state index contributed by atoms with van der Waals surface area (Å²) in [7, 11) is 0. The molecule has 17 heavy (non-hydrogen) atoms. The second-order valence-corrected chi connectivity index (χ2v) is 4.26. The van der Waals surface area contributed by atoms with Crippen LogP contribution in [0.4, 0.5) is 0 Å². The third-order valence-electron chi connectivity index (χ3n) is 2.75. The molecule has 0 rings (SSSR count). The first kappa shape index (κ1) is 15.9. The highest BCUT2D eigenvalue weighted by molar-refractivity contribution is 5.85. The number of nitrogens with two attached hydrogens (primary N) is 1. The van der Waals surface area contributed by atoms with Crippen molar-refractivity contribution in [2.24, 2.45) is 11.7 Å². The molecule has 2 atom stereocenters. The first-order valence-electron chi connectivity index (χ1n) is 6.30. The zero-order valence-corrected chi connectivity index (χ0v) is 10.7. The van der Waals surface area contributed by atoms with Crippen LogP contribution in [0.3, 0.4) is 0 Å². The zero-order valence-electron chi connectivity index (χ0n) is 10.7. The minimum atomic E-state index is -0.973. The molecule has 0 fully saturated rings. The second-order valence-electron chi connectivity index (χ2n) is 4.26. The standard InChI is InChI=1S/C12H24N2O3/c1-3-5-7-10(12(16)17)14-11(15)9(8-13)6-4-2/h9-10H,3-8,13H2,1-2H3,(H,14,15)(H,16,17). The summed E-state index contributed by atoms with van der Waals surface area (Å²) >= 11 is 0. The Labute approximate surface area is 103 Å². The molecular formula is C12H24N2O3. The molecule has 1 amide bonds. The molecule has 0 saturated heterocycles. The van der Waals surface area contributed by atoms with Gasteiger partial charge in [-0.25, -0.2) is 4.79 Å². The number of carboxylic acids is 1. The Morgan fingerprint density at radius 3 is 2.29 bits per heavy atom. The number of hydrogen-bond acceptors (Lipinski definition) is 3. The lowest BCUT2D eigenvalue weighted by Crippen LogP contribution is -2.45. The van der Waals surface area contributed by atoms with Gasteiger partial charge in [-0.1, -0.05) is 33.1 Å². The predicted octanol–water partition coefficient (Wildman–Crippen LogP) is 1.12. The van der Waals surface area contributed by atoms with Crippen LogP contribution >= 0.6 is 0 Å². The number of hydrogen-bond donors (Lipinski definition) is 3. The lowest BCUT2D eigenvalue weighted by atomic mass is 10.0. The molecule has 0 aromatic heterocycles. The molecule has 0 aliphatic carbocycles. The van der Waals surface area contributed by atoms with Gasteiger partial charge in [0.2, 0.25) is 5.91 Å². The van der Waals surface area contributed by atoms with Gasteiger partial charge in [-0.2, -0.15) is 0 Å². The van der Waals surface area contributed by atoms with Crippen molar-refractivity contribution in [3.8, 4) is 0 Å². The van der Waals surface area contributed by atoms with E-state index in [-0.39, 0.29) is 18.4 Å². The van der Waals surface area contributed by atoms with Crippen LogP contribution in [0.15, 0.2) is 0 Å². The molecule has 0 aliphatic heterocycles. The van der Waals surface area contributed by atoms with Crippen molar-refractivity contribution in [3.63, 3.8) is 0 Å². The van der Waals surface area contributed by atoms with Crippen LogP contribution in [0.1, 0.15) is 46.0 Å². The maximum Gasteiger partial charge on any atom is 0.326 e. The summed E-state index contributed by atoms with van der Waals surface area (Å²) in [6.45, 7) is 4.22. The van der Waals surface area contributed by atoms with Crippen molar-refractivity contribution in [2.45, 2.75) is 52.0 Å². The van der Waals surface area contributed by atoms with Gasteiger partial charge in [-0.05, 0) is 12.8 Å². The minimum Gasteiger partial charge on any atom is -0.480 e. The Morgan fingerprint density at radius 2 is 1.88 bits per heavy atom. The molecule has 5 nitrogen and oxygen atoms in total. The normalized spacial score (nSPS) is 14.1. The highest BCUT2D eigenvalue weighted by Crippen LogP contribution is 2.07. The summed E-state index contributed by atoms with van der Waals surface area (Å²) in [6.07, 6.45) is 3.73. The molecule has 2 unspecified atom stereocenters. The molecule has 0 aromatic carbocycles. The predicted molar refractivity (Wildman–Crippen MR) is 66.5 cm³/mol. The van der Waals surface area contributed by atoms with Crippen LogP contribution < -0.4 is 11.1 Å². The van der Waals surface area contributed by atoms with E-state index in [0.29, 0.717) is 12.8 Å². The smallest absolute Gasteiger partial charge is 0.326 e. The first-order valence-corrected chi connectivity index (χ1v) is 6.30. The number of carbonyl (C=O) groups excluding carboxylic acids is 1. The fourth-order valence-electron chi connectivity index (χ4n) is 1.66. The second kappa shape index (κ2) is 8.98. The van der Waals surface area contributed by atoms with E-state index < -0.39 is 12.0 Å². The molecule has 4 N–H and O–H groups in total. The van der Waals surface area contributed by atoms with Gasteiger partial charge >= 0.3 is 5.97 Å². The maximum atomic E-state index is 11.8. The van der Waals surface area contributed by atoms with E-state index in [1.54, 1.807) is 0 Å². The Morgan fingerprint density at radius 1 is 1.24 bits per heavy atom. The van der Waals surface area contributed by atoms with E-state index in [9.17, 15) is 9.59 Å². The van der Waals surface area contributed by atoms with Crippen LogP contribution in [-0.2, 0) is 9.59 Å². The van der Waals surface area contributed by atoms with Gasteiger partial charge in [-0.3, -0.25) is 4.79 Å². The Balaban J connectivity index is 4.32. The average molecular weight is 244 g/mol. The highest BCUT2D eigenvalue weighted by atomic mass is 16.4. The highest BCUT2D eigenvalue weighted by Gasteiger charge is 2.23. The summed E-state index contributed by atoms with van der Waals surface area (Å²) in [4.78, 5) is 22.8. The number of nitrogens with one attached hydrogen (secondary N) is 1. The fourth-order valence-corrected chi connectivity index (χ4v) is 1.66. The number of aliphatic carboxylic acids is 1. The van der Waals surface area contributed by atoms with Crippen LogP contribution in [0, 0.1) is 5.92 Å². The Kier molecular flexibility index (Phi) is 8.40. The van der Waals surface area contributed by atoms with E-state index in [1.807, 2.05) is 13.8 Å². The fraction of sp³-hybridized carbons (Fsp3) is 0.833. The average Bonchev–Trinajstić information content (AvgIpc) is 2.30. The SMILES string of the molecule is CCCCC(NC(=O)C(CN)CCC)C(=O)O. The van der Waals surface area contributed by atoms with Gasteiger partial charge in [0.1, 0.15) is 6.04 Å². The van der Waals surface area contributed by atoms with Crippen molar-refractivity contribution in [3.05, 3.63) is 0 Å². The zero-order chi connectivity index (χ0) is 13.3. The lowest BCUT2D eigenvalue weighted by molar-refractivity contribution is -0.142. The number of carboxylic acid groups (broad SMARTS) is 1. The summed E-state index contributed by atoms with van der Waals surface area (Å²) in [6, 6.07) is -0.784. The van der Waals surface area contributed by atoms with Crippen molar-refractivity contribution in [1.29, 1.82) is 0 Å². The molecule has 5 heteroatoms. The van der Waals surface area contributed by atoms with Crippen molar-refractivity contribution in [2.75, 3.05) is 6.54 Å². The monoisotopic (exact) mass is 244 g/mol. The van der Waals surface area contributed by atoms with Crippen LogP contribution in [0.25, 0.3) is 0 Å². The number of unbranched alkanes of at least 4 members (excludes halogenated alkanes) is 1. The molecule has 0 spiro atoms. The van der Waals surface area contributed by atoms with E-state index >= 15 is 0 Å². The summed E-state index contributed by atoms with van der Waals surface area (Å²) in [5, 5.41) is 11.6. The third-order valence-corrected chi connectivity index (χ3v) is 2.75. The van der Waals surface area contributed by atoms with Gasteiger partial charge in [0.05, 0.1) is 5.92 Å². The lowest BCUT2D eigenvalue weighted by Gasteiger charge is -2.18. The van der Waals surface area contributed by atoms with E-state index in [2.05, 4.69) is 5.32 Å². The third kappa shape index (κ3) is 6.26. The number of rotatable bonds is 9. The molecule has 0 radical (unpaired) electrons. The van der Waals surface area contributed by atoms with E-state index in [1.165, 1.54) is 0 Å². The first-order chi connectivity index (χ1) is 8.06. The van der Waals surface area contributed by atoms with Gasteiger partial charge in [0.15, 0.2) is 0 Å². The van der Waals surface area contributed by atoms with Gasteiger partial charge in [-0.15, -0.1) is 0 Å². The van der Waals surface area contributed by atoms with Crippen molar-refractivity contribution < 1.29 is 14.7 Å². The van der Waals surface area contributed by atoms with Crippen LogP contribution in [0.2, 0.25) is 0 Å². The van der Waals surface area contributed by atoms with Gasteiger partial charge in [0.25, 0.3) is 0 Å². The molecule has 100 valence electrons. The number of carbonyl (C=O) groups is 2. The van der Waals surface area contributed by atoms with E-state index in [4.69, 9.17) is 10.8 Å². The Bertz CT molecular complexity index is 244. The molecule has 0 saturated carbocycles. The van der Waals surface area contributed by atoms with Gasteiger partial charge < -0.3 is 16.2 Å². The molecular weight excluding hydrogens is 220 g/mol. The topological polar surface area (TPSA) is 92.4 Å². The minimum absolute atomic E-state index is 0.238. The Hall–Kier alpha value is -1.10. The molecule has 0 bridgehead atoms. The van der Waals surface area contributed by atoms with Crippen LogP contribution in [0.5, 0.6) is 0 Å². The molecule has 0 aliphatic rings. The quantitative estimate of drug-likeness (QED) is 0.566. The summed E-state index contributed by atoms with van der Waals surface area (Å²) < 4.78 is 0. The molecule has 0 aromatic rings. The van der Waals surface area contributed by atoms with Crippen molar-refractivity contribution in [1.82, 2.24) is 5.32 Å². The summed E-state index contributed by atoms with van der Waals surface area (Å²) in [5.41, 5.74) is 5.50. The van der Waals surface area contributed by atoms with Gasteiger partial charge in [0, 0.05) is 6.54 Å². The maximum absolute atomic E-state index is 11.8. The molecule has 0 heterocycles.